The highest BCUT2D eigenvalue weighted by Gasteiger charge is 2.17. The smallest absolute Gasteiger partial charge is 0.338 e. The molecule has 0 radical (unpaired) electrons. The van der Waals surface area contributed by atoms with Crippen molar-refractivity contribution in [2.75, 3.05) is 129 Å². The molecular weight excluding hydrogens is 1210 g/mol. The van der Waals surface area contributed by atoms with E-state index in [2.05, 4.69) is 9.47 Å². The average Bonchev–Trinajstić information content (AvgIpc) is 3.36. The van der Waals surface area contributed by atoms with Gasteiger partial charge in [0, 0.05) is 59.5 Å². The predicted octanol–water partition coefficient (Wildman–Crippen LogP) is -1.47. The molecule has 0 bridgehead atoms. The summed E-state index contributed by atoms with van der Waals surface area (Å²) >= 11 is 0. The van der Waals surface area contributed by atoms with Gasteiger partial charge in [-0.15, -0.1) is 0 Å². The molecule has 0 aliphatic heterocycles. The quantitative estimate of drug-likeness (QED) is 0.0445. The number of rotatable bonds is 35. The van der Waals surface area contributed by atoms with E-state index in [1.165, 1.54) is 32.6 Å². The van der Waals surface area contributed by atoms with Gasteiger partial charge < -0.3 is 39.5 Å². The van der Waals surface area contributed by atoms with Crippen LogP contribution in [0, 0.1) is 0 Å². The van der Waals surface area contributed by atoms with Crippen LogP contribution in [-0.2, 0) is 107 Å². The van der Waals surface area contributed by atoms with Crippen LogP contribution in [0.2, 0.25) is 0 Å². The van der Waals surface area contributed by atoms with E-state index in [0.29, 0.717) is 12.0 Å². The van der Waals surface area contributed by atoms with E-state index in [9.17, 15) is 88.9 Å². The number of nitrogens with zero attached hydrogens (tertiary/aromatic N) is 1. The minimum atomic E-state index is -3.35. The second kappa shape index (κ2) is 47.7. The topological polar surface area (TPSA) is 453 Å². The minimum Gasteiger partial charge on any atom is -0.466 e. The van der Waals surface area contributed by atoms with Crippen LogP contribution < -0.4 is 0 Å². The molecule has 0 saturated heterocycles. The van der Waals surface area contributed by atoms with E-state index >= 15 is 0 Å². The van der Waals surface area contributed by atoms with Gasteiger partial charge in [-0.3, -0.25) is 33.6 Å². The lowest BCUT2D eigenvalue weighted by Crippen LogP contribution is -2.25. The van der Waals surface area contributed by atoms with Crippen molar-refractivity contribution in [2.24, 2.45) is 0 Å². The number of sulfone groups is 6. The summed E-state index contributed by atoms with van der Waals surface area (Å²) in [5.41, 5.74) is 0.378. The van der Waals surface area contributed by atoms with E-state index in [4.69, 9.17) is 25.2 Å². The van der Waals surface area contributed by atoms with Crippen molar-refractivity contribution in [3.05, 3.63) is 35.9 Å². The average molecular weight is 1300 g/mol. The highest BCUT2D eigenvalue weighted by atomic mass is 32.2. The van der Waals surface area contributed by atoms with E-state index < -0.39 is 90.1 Å². The minimum absolute atomic E-state index is 0.00500. The highest BCUT2D eigenvalue weighted by molar-refractivity contribution is 7.92. The molecule has 1 aromatic rings. The van der Waals surface area contributed by atoms with Crippen LogP contribution >= 0.6 is 0 Å². The Balaban J connectivity index is -0.000000292. The van der Waals surface area contributed by atoms with E-state index in [1.54, 1.807) is 58.3 Å². The summed E-state index contributed by atoms with van der Waals surface area (Å²) in [5, 5.41) is 33.4. The number of esters is 3. The standard InChI is InChI=1S/C13H16O5S.C8H14O5S.C7H15NO4S.C7H14O5S.C7H14O4S.C6H12O4S/c1-11(14)7-9-19(16,17)10-8-18-13(15)12-5-3-2-4-6-12;1-7(9)3-5-14(11,12)6-4-13-8(2)10;1-8(2)7(10)3-5-13(11,12)6-4-9;1-2-12-7(9)3-5-13(10,11)6-4-8;1-2-7(9)3-5-12(10,11)6-4-8;1-6(8)2-4-11(9,10)5-3-7/h2-6H,7-10H2,1H3;3-6H2,1-2H3;9H,3-6H2,1-2H3;8H,2-6H2,1H3;8H,2-6H2,1H3;7H,2-5H2,1H3. The van der Waals surface area contributed by atoms with Gasteiger partial charge in [-0.1, -0.05) is 25.1 Å². The molecule has 0 fully saturated rings. The first kappa shape index (κ1) is 86.1. The number of aliphatic hydroxyl groups excluding tert-OH is 4. The second-order valence-electron chi connectivity index (χ2n) is 17.2. The summed E-state index contributed by atoms with van der Waals surface area (Å²) in [6, 6.07) is 8.34. The molecule has 34 heteroatoms. The van der Waals surface area contributed by atoms with Crippen LogP contribution in [0.5, 0.6) is 0 Å². The zero-order chi connectivity index (χ0) is 64.8. The van der Waals surface area contributed by atoms with E-state index in [0.717, 1.165) is 0 Å². The lowest BCUT2D eigenvalue weighted by atomic mass is 10.2. The summed E-state index contributed by atoms with van der Waals surface area (Å²) in [7, 11) is -16.4. The maximum atomic E-state index is 11.5. The zero-order valence-corrected chi connectivity index (χ0v) is 52.7. The number of hydrogen-bond donors (Lipinski definition) is 4. The van der Waals surface area contributed by atoms with Gasteiger partial charge in [0.25, 0.3) is 0 Å². The molecule has 28 nitrogen and oxygen atoms in total. The maximum absolute atomic E-state index is 11.5. The Morgan fingerprint density at radius 3 is 1.04 bits per heavy atom. The number of carbonyl (C=O) groups excluding carboxylic acids is 8. The third-order valence-corrected chi connectivity index (χ3v) is 19.1. The number of ether oxygens (including phenoxy) is 3. The fourth-order valence-corrected chi connectivity index (χ4v) is 11.0. The SMILES string of the molecule is CC(=O)CCS(=O)(=O)CCO.CC(=O)CCS(=O)(=O)CCOC(=O)c1ccccc1.CC(=O)CCS(=O)(=O)CCOC(C)=O.CCC(=O)CCS(=O)(=O)CCO.CCOC(=O)CCS(=O)(=O)CCO.CN(C)C(=O)CCS(=O)(=O)CCO. The summed E-state index contributed by atoms with van der Waals surface area (Å²) in [6.45, 7) is 6.93. The third-order valence-electron chi connectivity index (χ3n) is 9.38. The molecule has 1 rings (SSSR count). The van der Waals surface area contributed by atoms with Crippen molar-refractivity contribution in [1.82, 2.24) is 4.90 Å². The molecular formula is C48H85NO27S6. The number of benzene rings is 1. The molecule has 82 heavy (non-hydrogen) atoms. The van der Waals surface area contributed by atoms with Gasteiger partial charge in [-0.25, -0.2) is 55.3 Å². The van der Waals surface area contributed by atoms with E-state index in [1.807, 2.05) is 0 Å². The van der Waals surface area contributed by atoms with Gasteiger partial charge in [0.1, 0.15) is 36.3 Å². The van der Waals surface area contributed by atoms with Crippen molar-refractivity contribution >= 4 is 106 Å². The van der Waals surface area contributed by atoms with Crippen LogP contribution in [-0.4, -0.2) is 252 Å². The lowest BCUT2D eigenvalue weighted by molar-refractivity contribution is -0.143. The zero-order valence-electron chi connectivity index (χ0n) is 47.8. The normalized spacial score (nSPS) is 11.2. The summed E-state index contributed by atoms with van der Waals surface area (Å²) in [6.07, 6.45) is 0.332. The Morgan fingerprint density at radius 1 is 0.415 bits per heavy atom. The lowest BCUT2D eigenvalue weighted by Gasteiger charge is -2.09. The molecule has 0 spiro atoms. The Labute approximate surface area is 483 Å². The van der Waals surface area contributed by atoms with Crippen molar-refractivity contribution < 1.29 is 123 Å². The van der Waals surface area contributed by atoms with Crippen LogP contribution in [0.15, 0.2) is 30.3 Å². The van der Waals surface area contributed by atoms with Crippen LogP contribution in [0.3, 0.4) is 0 Å². The van der Waals surface area contributed by atoms with Crippen LogP contribution in [0.25, 0.3) is 0 Å². The summed E-state index contributed by atoms with van der Waals surface area (Å²) < 4.78 is 147. The molecule has 0 aromatic heterocycles. The maximum Gasteiger partial charge on any atom is 0.338 e. The van der Waals surface area contributed by atoms with Crippen LogP contribution in [0.4, 0.5) is 0 Å². The predicted molar refractivity (Wildman–Crippen MR) is 304 cm³/mol. The van der Waals surface area contributed by atoms with Crippen molar-refractivity contribution in [2.45, 2.75) is 86.5 Å². The third kappa shape index (κ3) is 61.4. The molecule has 0 aliphatic rings. The number of Topliss-reactive ketones (excluding diaryl/α,β-unsaturated/α-hetero) is 4. The first-order chi connectivity index (χ1) is 37.6. The first-order valence-corrected chi connectivity index (χ1v) is 35.9. The summed E-state index contributed by atoms with van der Waals surface area (Å²) in [4.78, 5) is 87.3. The number of carbonyl (C=O) groups is 8. The Kier molecular flexibility index (Phi) is 50.0. The number of ketones is 4. The number of amides is 1. The van der Waals surface area contributed by atoms with Gasteiger partial charge in [-0.2, -0.15) is 0 Å². The Hall–Kier alpha value is -4.68. The molecule has 1 amide bonds. The molecule has 0 saturated carbocycles. The fourth-order valence-electron chi connectivity index (χ4n) is 4.68. The van der Waals surface area contributed by atoms with Gasteiger partial charge in [0.2, 0.25) is 5.91 Å². The first-order valence-electron chi connectivity index (χ1n) is 25.0. The molecule has 0 atom stereocenters. The molecule has 480 valence electrons. The largest absolute Gasteiger partial charge is 0.466 e. The van der Waals surface area contributed by atoms with Crippen molar-refractivity contribution in [3.63, 3.8) is 0 Å². The molecule has 0 aliphatic carbocycles. The van der Waals surface area contributed by atoms with Crippen molar-refractivity contribution in [3.8, 4) is 0 Å². The highest BCUT2D eigenvalue weighted by Crippen LogP contribution is 2.04. The second-order valence-corrected chi connectivity index (χ2v) is 31.1. The van der Waals surface area contributed by atoms with Crippen LogP contribution in [0.1, 0.15) is 96.8 Å². The summed E-state index contributed by atoms with van der Waals surface area (Å²) in [5.74, 6) is -5.02. The Bertz CT molecular complexity index is 2740. The molecule has 1 aromatic carbocycles. The van der Waals surface area contributed by atoms with Gasteiger partial charge in [0.15, 0.2) is 59.0 Å². The van der Waals surface area contributed by atoms with Crippen molar-refractivity contribution in [1.29, 1.82) is 0 Å². The molecule has 0 unspecified atom stereocenters. The van der Waals surface area contributed by atoms with E-state index in [-0.39, 0.29) is 170 Å². The molecule has 0 heterocycles. The Morgan fingerprint density at radius 2 is 0.732 bits per heavy atom. The molecule has 4 N–H and O–H groups in total. The number of hydrogen-bond acceptors (Lipinski definition) is 27. The number of aliphatic hydroxyl groups is 4. The van der Waals surface area contributed by atoms with Gasteiger partial charge in [0.05, 0.1) is 114 Å². The fraction of sp³-hybridized carbons (Fsp3) is 0.708. The monoisotopic (exact) mass is 1300 g/mol. The van der Waals surface area contributed by atoms with Gasteiger partial charge >= 0.3 is 17.9 Å². The van der Waals surface area contributed by atoms with Gasteiger partial charge in [-0.05, 0) is 39.8 Å².